The highest BCUT2D eigenvalue weighted by atomic mass is 16.4. The molecule has 1 aliphatic rings. The van der Waals surface area contributed by atoms with E-state index in [9.17, 15) is 9.59 Å². The van der Waals surface area contributed by atoms with E-state index < -0.39 is 11.9 Å². The average Bonchev–Trinajstić information content (AvgIpc) is 2.60. The van der Waals surface area contributed by atoms with Gasteiger partial charge in [-0.2, -0.15) is 0 Å². The summed E-state index contributed by atoms with van der Waals surface area (Å²) in [6.07, 6.45) is 3.18. The molecule has 1 fully saturated rings. The maximum absolute atomic E-state index is 11.4. The second-order valence-electron chi connectivity index (χ2n) is 4.71. The summed E-state index contributed by atoms with van der Waals surface area (Å²) >= 11 is 0. The lowest BCUT2D eigenvalue weighted by molar-refractivity contribution is -0.140. The fourth-order valence-electron chi connectivity index (χ4n) is 1.91. The molecule has 92 valence electrons. The molecule has 0 aromatic carbocycles. The quantitative estimate of drug-likeness (QED) is 0.676. The van der Waals surface area contributed by atoms with E-state index in [1.807, 2.05) is 0 Å². The first kappa shape index (κ1) is 12.8. The van der Waals surface area contributed by atoms with Crippen molar-refractivity contribution in [1.82, 2.24) is 10.6 Å². The molecule has 3 unspecified atom stereocenters. The number of amides is 2. The molecular formula is C11H20N2O3. The van der Waals surface area contributed by atoms with E-state index in [0.717, 1.165) is 19.3 Å². The van der Waals surface area contributed by atoms with Crippen molar-refractivity contribution in [2.24, 2.45) is 11.8 Å². The fraction of sp³-hybridized carbons (Fsp3) is 0.818. The van der Waals surface area contributed by atoms with Crippen LogP contribution in [0, 0.1) is 11.8 Å². The van der Waals surface area contributed by atoms with Crippen molar-refractivity contribution >= 4 is 12.0 Å². The number of carboxylic acids is 1. The minimum absolute atomic E-state index is 0.170. The maximum Gasteiger partial charge on any atom is 0.315 e. The van der Waals surface area contributed by atoms with Gasteiger partial charge in [-0.1, -0.05) is 13.8 Å². The van der Waals surface area contributed by atoms with Crippen molar-refractivity contribution in [2.75, 3.05) is 6.54 Å². The van der Waals surface area contributed by atoms with Gasteiger partial charge in [0.1, 0.15) is 0 Å². The lowest BCUT2D eigenvalue weighted by Crippen LogP contribution is -2.43. The summed E-state index contributed by atoms with van der Waals surface area (Å²) in [6, 6.07) is -0.0117. The van der Waals surface area contributed by atoms with Crippen LogP contribution in [0.3, 0.4) is 0 Å². The molecular weight excluding hydrogens is 208 g/mol. The van der Waals surface area contributed by atoms with Crippen LogP contribution in [0.1, 0.15) is 33.1 Å². The van der Waals surface area contributed by atoms with Crippen molar-refractivity contribution in [2.45, 2.75) is 39.2 Å². The summed E-state index contributed by atoms with van der Waals surface area (Å²) < 4.78 is 0. The molecule has 1 rings (SSSR count). The second kappa shape index (κ2) is 5.72. The molecule has 2 amide bonds. The van der Waals surface area contributed by atoms with Gasteiger partial charge in [-0.15, -0.1) is 0 Å². The average molecular weight is 228 g/mol. The molecule has 0 aromatic rings. The van der Waals surface area contributed by atoms with E-state index in [1.54, 1.807) is 6.92 Å². The van der Waals surface area contributed by atoms with Crippen molar-refractivity contribution in [3.63, 3.8) is 0 Å². The van der Waals surface area contributed by atoms with Gasteiger partial charge >= 0.3 is 12.0 Å². The van der Waals surface area contributed by atoms with Gasteiger partial charge in [0.25, 0.3) is 0 Å². The van der Waals surface area contributed by atoms with Gasteiger partial charge in [0.2, 0.25) is 0 Å². The third-order valence-corrected chi connectivity index (χ3v) is 3.02. The highest BCUT2D eigenvalue weighted by Crippen LogP contribution is 2.24. The fourth-order valence-corrected chi connectivity index (χ4v) is 1.91. The SMILES string of the molecule is CC1CCC(NC(=O)NCC(C)C(=O)O)C1. The summed E-state index contributed by atoms with van der Waals surface area (Å²) in [5.74, 6) is -0.772. The van der Waals surface area contributed by atoms with Gasteiger partial charge in [0, 0.05) is 12.6 Å². The van der Waals surface area contributed by atoms with Crippen LogP contribution in [0.25, 0.3) is 0 Å². The molecule has 0 spiro atoms. The standard InChI is InChI=1S/C11H20N2O3/c1-7-3-4-9(5-7)13-11(16)12-6-8(2)10(14)15/h7-9H,3-6H2,1-2H3,(H,14,15)(H2,12,13,16). The number of carbonyl (C=O) groups excluding carboxylic acids is 1. The number of rotatable bonds is 4. The zero-order valence-corrected chi connectivity index (χ0v) is 9.82. The largest absolute Gasteiger partial charge is 0.481 e. The van der Waals surface area contributed by atoms with Crippen molar-refractivity contribution < 1.29 is 14.7 Å². The van der Waals surface area contributed by atoms with Gasteiger partial charge in [0.15, 0.2) is 0 Å². The van der Waals surface area contributed by atoms with E-state index in [4.69, 9.17) is 5.11 Å². The zero-order valence-electron chi connectivity index (χ0n) is 9.82. The summed E-state index contributed by atoms with van der Waals surface area (Å²) in [5.41, 5.74) is 0. The van der Waals surface area contributed by atoms with E-state index in [0.29, 0.717) is 5.92 Å². The molecule has 3 atom stereocenters. The number of carboxylic acid groups (broad SMARTS) is 1. The van der Waals surface area contributed by atoms with Crippen molar-refractivity contribution in [3.05, 3.63) is 0 Å². The number of carbonyl (C=O) groups is 2. The third-order valence-electron chi connectivity index (χ3n) is 3.02. The van der Waals surface area contributed by atoms with E-state index in [1.165, 1.54) is 0 Å². The second-order valence-corrected chi connectivity index (χ2v) is 4.71. The van der Waals surface area contributed by atoms with Crippen LogP contribution >= 0.6 is 0 Å². The highest BCUT2D eigenvalue weighted by Gasteiger charge is 2.22. The third kappa shape index (κ3) is 4.08. The molecule has 0 radical (unpaired) electrons. The predicted octanol–water partition coefficient (Wildman–Crippen LogP) is 1.19. The van der Waals surface area contributed by atoms with Crippen molar-refractivity contribution in [1.29, 1.82) is 0 Å². The number of nitrogens with one attached hydrogen (secondary N) is 2. The molecule has 3 N–H and O–H groups in total. The number of hydrogen-bond donors (Lipinski definition) is 3. The normalized spacial score (nSPS) is 26.1. The van der Waals surface area contributed by atoms with Gasteiger partial charge < -0.3 is 15.7 Å². The lowest BCUT2D eigenvalue weighted by Gasteiger charge is -2.14. The highest BCUT2D eigenvalue weighted by molar-refractivity contribution is 5.75. The van der Waals surface area contributed by atoms with Crippen molar-refractivity contribution in [3.8, 4) is 0 Å². The molecule has 0 aromatic heterocycles. The Balaban J connectivity index is 2.18. The molecule has 5 nitrogen and oxygen atoms in total. The van der Waals surface area contributed by atoms with Gasteiger partial charge in [-0.05, 0) is 25.2 Å². The Morgan fingerprint density at radius 1 is 1.44 bits per heavy atom. The summed E-state index contributed by atoms with van der Waals surface area (Å²) in [6.45, 7) is 3.91. The number of aliphatic carboxylic acids is 1. The van der Waals surface area contributed by atoms with Crippen LogP contribution in [0.15, 0.2) is 0 Å². The van der Waals surface area contributed by atoms with Crippen LogP contribution in [-0.4, -0.2) is 29.7 Å². The molecule has 1 saturated carbocycles. The minimum atomic E-state index is -0.894. The topological polar surface area (TPSA) is 78.4 Å². The molecule has 0 aliphatic heterocycles. The zero-order chi connectivity index (χ0) is 12.1. The van der Waals surface area contributed by atoms with Crippen LogP contribution in [0.2, 0.25) is 0 Å². The Morgan fingerprint density at radius 3 is 2.62 bits per heavy atom. The Labute approximate surface area is 95.6 Å². The Morgan fingerprint density at radius 2 is 2.12 bits per heavy atom. The lowest BCUT2D eigenvalue weighted by atomic mass is 10.1. The first-order chi connectivity index (χ1) is 7.49. The molecule has 16 heavy (non-hydrogen) atoms. The van der Waals surface area contributed by atoms with E-state index in [2.05, 4.69) is 17.6 Å². The van der Waals surface area contributed by atoms with Crippen LogP contribution in [-0.2, 0) is 4.79 Å². The molecule has 0 bridgehead atoms. The van der Waals surface area contributed by atoms with Gasteiger partial charge in [0.05, 0.1) is 5.92 Å². The molecule has 0 heterocycles. The smallest absolute Gasteiger partial charge is 0.315 e. The summed E-state index contributed by atoms with van der Waals surface area (Å²) in [5, 5.41) is 14.1. The minimum Gasteiger partial charge on any atom is -0.481 e. The number of hydrogen-bond acceptors (Lipinski definition) is 2. The first-order valence-corrected chi connectivity index (χ1v) is 5.76. The summed E-state index contributed by atoms with van der Waals surface area (Å²) in [4.78, 5) is 21.9. The molecule has 1 aliphatic carbocycles. The predicted molar refractivity (Wildman–Crippen MR) is 60.1 cm³/mol. The van der Waals surface area contributed by atoms with E-state index in [-0.39, 0.29) is 18.6 Å². The molecule has 0 saturated heterocycles. The summed E-state index contributed by atoms with van der Waals surface area (Å²) in [7, 11) is 0. The Hall–Kier alpha value is -1.26. The number of urea groups is 1. The first-order valence-electron chi connectivity index (χ1n) is 5.76. The van der Waals surface area contributed by atoms with E-state index >= 15 is 0 Å². The maximum atomic E-state index is 11.4. The Kier molecular flexibility index (Phi) is 4.58. The van der Waals surface area contributed by atoms with Gasteiger partial charge in [-0.25, -0.2) is 4.79 Å². The van der Waals surface area contributed by atoms with Crippen LogP contribution < -0.4 is 10.6 Å². The molecule has 5 heteroatoms. The monoisotopic (exact) mass is 228 g/mol. The van der Waals surface area contributed by atoms with Gasteiger partial charge in [-0.3, -0.25) is 4.79 Å². The van der Waals surface area contributed by atoms with Crippen LogP contribution in [0.5, 0.6) is 0 Å². The Bertz CT molecular complexity index is 268. The van der Waals surface area contributed by atoms with Crippen LogP contribution in [0.4, 0.5) is 4.79 Å².